The molecule has 2 aliphatic rings. The second-order valence-corrected chi connectivity index (χ2v) is 6.66. The Morgan fingerprint density at radius 1 is 1.25 bits per heavy atom. The summed E-state index contributed by atoms with van der Waals surface area (Å²) in [7, 11) is 1.33. The minimum Gasteiger partial charge on any atom is -0.503 e. The maximum absolute atomic E-state index is 13.0. The van der Waals surface area contributed by atoms with Crippen molar-refractivity contribution in [3.8, 4) is 0 Å². The fourth-order valence-electron chi connectivity index (χ4n) is 3.18. The van der Waals surface area contributed by atoms with Gasteiger partial charge >= 0.3 is 0 Å². The largest absolute Gasteiger partial charge is 0.503 e. The molecule has 0 spiro atoms. The number of amides is 2. The second kappa shape index (κ2) is 9.13. The van der Waals surface area contributed by atoms with Gasteiger partial charge in [-0.05, 0) is 17.7 Å². The van der Waals surface area contributed by atoms with Gasteiger partial charge in [-0.25, -0.2) is 9.45 Å². The maximum atomic E-state index is 13.0. The summed E-state index contributed by atoms with van der Waals surface area (Å²) in [5.41, 5.74) is 0.654. The van der Waals surface area contributed by atoms with Crippen molar-refractivity contribution in [3.63, 3.8) is 0 Å². The Hall–Kier alpha value is -2.49. The molecule has 0 aromatic heterocycles. The van der Waals surface area contributed by atoms with Gasteiger partial charge in [-0.3, -0.25) is 19.3 Å². The van der Waals surface area contributed by atoms with Crippen LogP contribution in [0.15, 0.2) is 35.6 Å². The number of ether oxygens (including phenoxy) is 1. The van der Waals surface area contributed by atoms with Crippen molar-refractivity contribution in [2.45, 2.75) is 6.54 Å². The SMILES string of the molecule is CON(Cc1ccc(F)cc1)C(=O)C1=C(O)C(=O)N(CCN2CCOCC2)C1. The number of carbonyl (C=O) groups excluding carboxylic acids is 2. The molecule has 3 rings (SSSR count). The zero-order chi connectivity index (χ0) is 20.1. The first kappa shape index (κ1) is 20.2. The van der Waals surface area contributed by atoms with E-state index in [4.69, 9.17) is 9.57 Å². The van der Waals surface area contributed by atoms with Gasteiger partial charge in [-0.15, -0.1) is 0 Å². The summed E-state index contributed by atoms with van der Waals surface area (Å²) >= 11 is 0. The lowest BCUT2D eigenvalue weighted by Gasteiger charge is -2.28. The van der Waals surface area contributed by atoms with Crippen molar-refractivity contribution in [1.82, 2.24) is 14.9 Å². The van der Waals surface area contributed by atoms with Gasteiger partial charge in [0.15, 0.2) is 5.76 Å². The van der Waals surface area contributed by atoms with E-state index in [-0.39, 0.29) is 24.5 Å². The number of hydrogen-bond acceptors (Lipinski definition) is 6. The normalized spacial score (nSPS) is 18.1. The summed E-state index contributed by atoms with van der Waals surface area (Å²) in [6.45, 7) is 4.05. The molecule has 8 nitrogen and oxygen atoms in total. The quantitative estimate of drug-likeness (QED) is 0.687. The summed E-state index contributed by atoms with van der Waals surface area (Å²) < 4.78 is 18.3. The molecule has 0 atom stereocenters. The van der Waals surface area contributed by atoms with E-state index >= 15 is 0 Å². The molecular formula is C19H24FN3O5. The molecule has 2 aliphatic heterocycles. The molecule has 0 radical (unpaired) electrons. The van der Waals surface area contributed by atoms with Crippen LogP contribution in [0.25, 0.3) is 0 Å². The summed E-state index contributed by atoms with van der Waals surface area (Å²) in [6.07, 6.45) is 0. The zero-order valence-electron chi connectivity index (χ0n) is 15.8. The van der Waals surface area contributed by atoms with Crippen LogP contribution in [0.3, 0.4) is 0 Å². The highest BCUT2D eigenvalue weighted by Gasteiger charge is 2.36. The number of aliphatic hydroxyl groups is 1. The number of hydrogen-bond donors (Lipinski definition) is 1. The topological polar surface area (TPSA) is 82.5 Å². The van der Waals surface area contributed by atoms with E-state index in [2.05, 4.69) is 4.90 Å². The van der Waals surface area contributed by atoms with Crippen LogP contribution in [0.5, 0.6) is 0 Å². The van der Waals surface area contributed by atoms with Crippen molar-refractivity contribution in [1.29, 1.82) is 0 Å². The van der Waals surface area contributed by atoms with E-state index in [0.717, 1.165) is 18.2 Å². The first-order valence-corrected chi connectivity index (χ1v) is 9.11. The van der Waals surface area contributed by atoms with Crippen LogP contribution < -0.4 is 0 Å². The van der Waals surface area contributed by atoms with Gasteiger partial charge in [-0.2, -0.15) is 0 Å². The zero-order valence-corrected chi connectivity index (χ0v) is 15.8. The van der Waals surface area contributed by atoms with Gasteiger partial charge in [0, 0.05) is 26.2 Å². The molecule has 28 heavy (non-hydrogen) atoms. The fraction of sp³-hybridized carbons (Fsp3) is 0.474. The standard InChI is InChI=1S/C19H24FN3O5/c1-27-23(12-14-2-4-15(20)5-3-14)18(25)16-13-22(19(26)17(16)24)7-6-21-8-10-28-11-9-21/h2-5,24H,6-13H2,1H3. The lowest BCUT2D eigenvalue weighted by molar-refractivity contribution is -0.174. The van der Waals surface area contributed by atoms with Gasteiger partial charge < -0.3 is 14.7 Å². The maximum Gasteiger partial charge on any atom is 0.289 e. The Morgan fingerprint density at radius 3 is 2.57 bits per heavy atom. The highest BCUT2D eigenvalue weighted by Crippen LogP contribution is 2.20. The molecule has 0 saturated carbocycles. The van der Waals surface area contributed by atoms with E-state index < -0.39 is 17.6 Å². The first-order valence-electron chi connectivity index (χ1n) is 9.11. The number of carbonyl (C=O) groups is 2. The predicted octanol–water partition coefficient (Wildman–Crippen LogP) is 0.702. The molecule has 0 bridgehead atoms. The van der Waals surface area contributed by atoms with E-state index in [1.807, 2.05) is 0 Å². The minimum absolute atomic E-state index is 0.00376. The van der Waals surface area contributed by atoms with E-state index in [1.165, 1.54) is 36.3 Å². The minimum atomic E-state index is -0.591. The van der Waals surface area contributed by atoms with Gasteiger partial charge in [0.1, 0.15) is 5.82 Å². The van der Waals surface area contributed by atoms with Crippen LogP contribution in [-0.2, 0) is 25.7 Å². The summed E-state index contributed by atoms with van der Waals surface area (Å²) in [5.74, 6) is -2.08. The lowest BCUT2D eigenvalue weighted by atomic mass is 10.2. The van der Waals surface area contributed by atoms with Gasteiger partial charge in [-0.1, -0.05) is 12.1 Å². The highest BCUT2D eigenvalue weighted by molar-refractivity contribution is 6.06. The summed E-state index contributed by atoms with van der Waals surface area (Å²) in [6, 6.07) is 5.66. The number of rotatable bonds is 7. The molecular weight excluding hydrogens is 369 g/mol. The molecule has 1 aromatic carbocycles. The van der Waals surface area contributed by atoms with Crippen molar-refractivity contribution >= 4 is 11.8 Å². The number of hydroxylamine groups is 2. The molecule has 1 aromatic rings. The fourth-order valence-corrected chi connectivity index (χ4v) is 3.18. The first-order chi connectivity index (χ1) is 13.5. The van der Waals surface area contributed by atoms with Crippen LogP contribution in [0.2, 0.25) is 0 Å². The molecule has 2 amide bonds. The van der Waals surface area contributed by atoms with E-state index in [9.17, 15) is 19.1 Å². The number of halogens is 1. The number of morpholine rings is 1. The molecule has 1 fully saturated rings. The smallest absolute Gasteiger partial charge is 0.289 e. The van der Waals surface area contributed by atoms with Crippen molar-refractivity contribution in [2.24, 2.45) is 0 Å². The number of aliphatic hydroxyl groups excluding tert-OH is 1. The Kier molecular flexibility index (Phi) is 6.61. The van der Waals surface area contributed by atoms with Crippen LogP contribution >= 0.6 is 0 Å². The van der Waals surface area contributed by atoms with Crippen molar-refractivity contribution < 1.29 is 28.7 Å². The van der Waals surface area contributed by atoms with Gasteiger partial charge in [0.25, 0.3) is 11.8 Å². The average Bonchev–Trinajstić information content (AvgIpc) is 3.00. The van der Waals surface area contributed by atoms with Crippen LogP contribution in [0, 0.1) is 5.82 Å². The Bertz CT molecular complexity index is 746. The van der Waals surface area contributed by atoms with Crippen molar-refractivity contribution in [2.75, 3.05) is 53.0 Å². The molecule has 0 unspecified atom stereocenters. The van der Waals surface area contributed by atoms with Crippen LogP contribution in [0.1, 0.15) is 5.56 Å². The average molecular weight is 393 g/mol. The van der Waals surface area contributed by atoms with Crippen LogP contribution in [-0.4, -0.2) is 84.8 Å². The van der Waals surface area contributed by atoms with Crippen LogP contribution in [0.4, 0.5) is 4.39 Å². The van der Waals surface area contributed by atoms with Gasteiger partial charge in [0.05, 0.1) is 39.0 Å². The molecule has 1 N–H and O–H groups in total. The van der Waals surface area contributed by atoms with Crippen molar-refractivity contribution in [3.05, 3.63) is 47.0 Å². The third kappa shape index (κ3) is 4.67. The third-order valence-electron chi connectivity index (χ3n) is 4.86. The van der Waals surface area contributed by atoms with Gasteiger partial charge in [0.2, 0.25) is 0 Å². The Labute approximate surface area is 162 Å². The monoisotopic (exact) mass is 393 g/mol. The molecule has 2 heterocycles. The van der Waals surface area contributed by atoms with E-state index in [0.29, 0.717) is 31.9 Å². The third-order valence-corrected chi connectivity index (χ3v) is 4.86. The number of benzene rings is 1. The van der Waals surface area contributed by atoms with E-state index in [1.54, 1.807) is 0 Å². The molecule has 0 aliphatic carbocycles. The molecule has 9 heteroatoms. The Balaban J connectivity index is 1.61. The Morgan fingerprint density at radius 2 is 1.93 bits per heavy atom. The summed E-state index contributed by atoms with van der Waals surface area (Å²) in [5, 5.41) is 11.2. The molecule has 1 saturated heterocycles. The lowest BCUT2D eigenvalue weighted by Crippen LogP contribution is -2.42. The predicted molar refractivity (Wildman–Crippen MR) is 97.5 cm³/mol. The number of nitrogens with zero attached hydrogens (tertiary/aromatic N) is 3. The molecule has 152 valence electrons. The summed E-state index contributed by atoms with van der Waals surface area (Å²) in [4.78, 5) is 33.8. The highest BCUT2D eigenvalue weighted by atomic mass is 19.1. The second-order valence-electron chi connectivity index (χ2n) is 6.66.